The molecule has 0 unspecified atom stereocenters. The van der Waals surface area contributed by atoms with Crippen molar-refractivity contribution in [2.75, 3.05) is 0 Å². The Morgan fingerprint density at radius 3 is 2.31 bits per heavy atom. The number of halogens is 5. The summed E-state index contributed by atoms with van der Waals surface area (Å²) in [7, 11) is 0. The van der Waals surface area contributed by atoms with Crippen molar-refractivity contribution in [2.45, 2.75) is 12.6 Å². The number of benzene rings is 1. The number of hydrogen-bond donors (Lipinski definition) is 1. The van der Waals surface area contributed by atoms with Gasteiger partial charge >= 0.3 is 12.1 Å². The number of alkyl halides is 3. The molecule has 0 fully saturated rings. The standard InChI is InChI=1S/C9H5Cl2F3O2/c10-6-2-4(3-7(15)16)1-5(8(6)11)9(12,13)14/h1-2H,3H2,(H,15,16). The van der Waals surface area contributed by atoms with Crippen LogP contribution in [-0.2, 0) is 17.4 Å². The van der Waals surface area contributed by atoms with Gasteiger partial charge in [0.1, 0.15) is 0 Å². The van der Waals surface area contributed by atoms with Crippen LogP contribution in [-0.4, -0.2) is 11.1 Å². The van der Waals surface area contributed by atoms with Gasteiger partial charge in [-0.25, -0.2) is 0 Å². The summed E-state index contributed by atoms with van der Waals surface area (Å²) >= 11 is 10.9. The highest BCUT2D eigenvalue weighted by Gasteiger charge is 2.34. The number of aliphatic carboxylic acids is 1. The Bertz CT molecular complexity index is 429. The first-order chi connectivity index (χ1) is 7.21. The van der Waals surface area contributed by atoms with E-state index in [1.165, 1.54) is 0 Å². The lowest BCUT2D eigenvalue weighted by atomic mass is 10.1. The molecule has 16 heavy (non-hydrogen) atoms. The zero-order valence-corrected chi connectivity index (χ0v) is 9.12. The van der Waals surface area contributed by atoms with E-state index in [-0.39, 0.29) is 10.6 Å². The highest BCUT2D eigenvalue weighted by atomic mass is 35.5. The van der Waals surface area contributed by atoms with E-state index in [1.807, 2.05) is 0 Å². The SMILES string of the molecule is O=C(O)Cc1cc(Cl)c(Cl)c(C(F)(F)F)c1. The molecule has 0 aliphatic rings. The Kier molecular flexibility index (Phi) is 3.70. The molecule has 0 atom stereocenters. The molecule has 0 heterocycles. The van der Waals surface area contributed by atoms with Crippen LogP contribution >= 0.6 is 23.2 Å². The minimum atomic E-state index is -4.66. The third-order valence-electron chi connectivity index (χ3n) is 1.75. The van der Waals surface area contributed by atoms with Crippen molar-refractivity contribution in [3.05, 3.63) is 33.3 Å². The van der Waals surface area contributed by atoms with E-state index in [4.69, 9.17) is 28.3 Å². The van der Waals surface area contributed by atoms with Crippen molar-refractivity contribution < 1.29 is 23.1 Å². The van der Waals surface area contributed by atoms with Crippen LogP contribution in [0.1, 0.15) is 11.1 Å². The monoisotopic (exact) mass is 272 g/mol. The molecule has 1 aromatic rings. The molecule has 0 saturated heterocycles. The van der Waals surface area contributed by atoms with Gasteiger partial charge in [-0.05, 0) is 17.7 Å². The molecule has 0 aliphatic carbocycles. The predicted molar refractivity (Wildman–Crippen MR) is 52.8 cm³/mol. The lowest BCUT2D eigenvalue weighted by Crippen LogP contribution is -2.08. The highest BCUT2D eigenvalue weighted by molar-refractivity contribution is 6.42. The van der Waals surface area contributed by atoms with Gasteiger partial charge in [-0.2, -0.15) is 13.2 Å². The Hall–Kier alpha value is -0.940. The average Bonchev–Trinajstić information content (AvgIpc) is 2.08. The highest BCUT2D eigenvalue weighted by Crippen LogP contribution is 2.39. The summed E-state index contributed by atoms with van der Waals surface area (Å²) < 4.78 is 37.4. The van der Waals surface area contributed by atoms with Gasteiger partial charge in [-0.3, -0.25) is 4.79 Å². The molecule has 0 radical (unpaired) electrons. The van der Waals surface area contributed by atoms with E-state index in [2.05, 4.69) is 0 Å². The maximum absolute atomic E-state index is 12.5. The fourth-order valence-electron chi connectivity index (χ4n) is 1.13. The first kappa shape index (κ1) is 13.1. The zero-order chi connectivity index (χ0) is 12.5. The maximum atomic E-state index is 12.5. The summed E-state index contributed by atoms with van der Waals surface area (Å²) in [6.07, 6.45) is -5.20. The first-order valence-electron chi connectivity index (χ1n) is 3.98. The van der Waals surface area contributed by atoms with E-state index in [0.717, 1.165) is 6.07 Å². The van der Waals surface area contributed by atoms with Crippen molar-refractivity contribution in [1.29, 1.82) is 0 Å². The van der Waals surface area contributed by atoms with Crippen molar-refractivity contribution in [1.82, 2.24) is 0 Å². The van der Waals surface area contributed by atoms with E-state index in [9.17, 15) is 18.0 Å². The van der Waals surface area contributed by atoms with Crippen LogP contribution in [0, 0.1) is 0 Å². The predicted octanol–water partition coefficient (Wildman–Crippen LogP) is 3.64. The molecular formula is C9H5Cl2F3O2. The first-order valence-corrected chi connectivity index (χ1v) is 4.74. The minimum absolute atomic E-state index is 0.0470. The lowest BCUT2D eigenvalue weighted by Gasteiger charge is -2.11. The summed E-state index contributed by atoms with van der Waals surface area (Å²) in [6, 6.07) is 1.79. The van der Waals surface area contributed by atoms with Gasteiger partial charge in [0, 0.05) is 0 Å². The molecule has 0 aromatic heterocycles. The topological polar surface area (TPSA) is 37.3 Å². The number of carbonyl (C=O) groups is 1. The van der Waals surface area contributed by atoms with E-state index in [0.29, 0.717) is 6.07 Å². The van der Waals surface area contributed by atoms with Crippen LogP contribution in [0.15, 0.2) is 12.1 Å². The molecule has 2 nitrogen and oxygen atoms in total. The second-order valence-corrected chi connectivity index (χ2v) is 3.79. The van der Waals surface area contributed by atoms with Gasteiger partial charge in [0.05, 0.1) is 22.0 Å². The third-order valence-corrected chi connectivity index (χ3v) is 2.55. The molecule has 7 heteroatoms. The van der Waals surface area contributed by atoms with Gasteiger partial charge in [-0.1, -0.05) is 23.2 Å². The van der Waals surface area contributed by atoms with Gasteiger partial charge < -0.3 is 5.11 Å². The summed E-state index contributed by atoms with van der Waals surface area (Å²) in [5.41, 5.74) is -1.17. The summed E-state index contributed by atoms with van der Waals surface area (Å²) in [4.78, 5) is 10.4. The molecule has 0 aliphatic heterocycles. The summed E-state index contributed by atoms with van der Waals surface area (Å²) in [6.45, 7) is 0. The van der Waals surface area contributed by atoms with E-state index in [1.54, 1.807) is 0 Å². The second-order valence-electron chi connectivity index (χ2n) is 3.01. The zero-order valence-electron chi connectivity index (χ0n) is 7.61. The Morgan fingerprint density at radius 1 is 1.31 bits per heavy atom. The molecule has 0 saturated carbocycles. The molecule has 0 spiro atoms. The molecule has 1 N–H and O–H groups in total. The van der Waals surface area contributed by atoms with E-state index < -0.39 is 29.2 Å². The Morgan fingerprint density at radius 2 is 1.88 bits per heavy atom. The molecular weight excluding hydrogens is 268 g/mol. The largest absolute Gasteiger partial charge is 0.481 e. The minimum Gasteiger partial charge on any atom is -0.481 e. The van der Waals surface area contributed by atoms with Gasteiger partial charge in [0.2, 0.25) is 0 Å². The molecule has 0 amide bonds. The van der Waals surface area contributed by atoms with Crippen LogP contribution in [0.5, 0.6) is 0 Å². The van der Waals surface area contributed by atoms with Crippen molar-refractivity contribution in [3.63, 3.8) is 0 Å². The number of hydrogen-bond acceptors (Lipinski definition) is 1. The fourth-order valence-corrected chi connectivity index (χ4v) is 1.59. The molecule has 1 aromatic carbocycles. The quantitative estimate of drug-likeness (QED) is 0.893. The van der Waals surface area contributed by atoms with Crippen molar-refractivity contribution in [3.8, 4) is 0 Å². The Balaban J connectivity index is 3.28. The van der Waals surface area contributed by atoms with Crippen LogP contribution < -0.4 is 0 Å². The fraction of sp³-hybridized carbons (Fsp3) is 0.222. The van der Waals surface area contributed by atoms with Crippen LogP contribution in [0.3, 0.4) is 0 Å². The average molecular weight is 273 g/mol. The third kappa shape index (κ3) is 3.02. The molecule has 0 bridgehead atoms. The van der Waals surface area contributed by atoms with Gasteiger partial charge in [0.25, 0.3) is 0 Å². The smallest absolute Gasteiger partial charge is 0.417 e. The number of rotatable bonds is 2. The number of carboxylic acid groups (broad SMARTS) is 1. The van der Waals surface area contributed by atoms with Gasteiger partial charge in [0.15, 0.2) is 0 Å². The maximum Gasteiger partial charge on any atom is 0.417 e. The van der Waals surface area contributed by atoms with Crippen molar-refractivity contribution in [2.24, 2.45) is 0 Å². The number of carboxylic acids is 1. The lowest BCUT2D eigenvalue weighted by molar-refractivity contribution is -0.138. The Labute approximate surface area is 98.6 Å². The second kappa shape index (κ2) is 4.51. The van der Waals surface area contributed by atoms with Crippen LogP contribution in [0.25, 0.3) is 0 Å². The summed E-state index contributed by atoms with van der Waals surface area (Å²) in [5.74, 6) is -1.24. The summed E-state index contributed by atoms with van der Waals surface area (Å²) in [5, 5.41) is 7.53. The molecule has 88 valence electrons. The van der Waals surface area contributed by atoms with Crippen LogP contribution in [0.4, 0.5) is 13.2 Å². The van der Waals surface area contributed by atoms with Gasteiger partial charge in [-0.15, -0.1) is 0 Å². The van der Waals surface area contributed by atoms with Crippen LogP contribution in [0.2, 0.25) is 10.0 Å². The van der Waals surface area contributed by atoms with Crippen molar-refractivity contribution >= 4 is 29.2 Å². The molecule has 1 rings (SSSR count). The normalized spacial score (nSPS) is 11.6. The van der Waals surface area contributed by atoms with E-state index >= 15 is 0 Å².